The number of aryl methyl sites for hydroxylation is 1. The second-order valence-electron chi connectivity index (χ2n) is 6.85. The molecule has 0 N–H and O–H groups in total. The first-order valence-corrected chi connectivity index (χ1v) is 8.84. The largest absolute Gasteiger partial charge is 0.497 e. The molecule has 134 valence electrons. The van der Waals surface area contributed by atoms with Crippen molar-refractivity contribution in [2.24, 2.45) is 0 Å². The van der Waals surface area contributed by atoms with Crippen molar-refractivity contribution in [3.63, 3.8) is 0 Å². The van der Waals surface area contributed by atoms with Gasteiger partial charge in [-0.05, 0) is 42.3 Å². The summed E-state index contributed by atoms with van der Waals surface area (Å²) in [4.78, 5) is 0. The number of nitrogens with zero attached hydrogens (tertiary/aromatic N) is 6. The topological polar surface area (TPSA) is 70.2 Å². The number of hydrogen-bond acceptors (Lipinski definition) is 6. The average molecular weight is 358 g/mol. The Kier molecular flexibility index (Phi) is 3.34. The maximum Gasteiger partial charge on any atom is 0.251 e. The summed E-state index contributed by atoms with van der Waals surface area (Å²) in [5, 5.41) is 22.4. The Balaban J connectivity index is 1.70. The molecular weight excluding hydrogens is 340 g/mol. The lowest BCUT2D eigenvalue weighted by Crippen LogP contribution is -2.46. The third-order valence-electron chi connectivity index (χ3n) is 5.29. The molecule has 3 heterocycles. The van der Waals surface area contributed by atoms with Gasteiger partial charge in [0.05, 0.1) is 30.6 Å². The van der Waals surface area contributed by atoms with E-state index in [2.05, 4.69) is 58.5 Å². The molecule has 2 aliphatic heterocycles. The van der Waals surface area contributed by atoms with Crippen LogP contribution in [0.3, 0.4) is 0 Å². The third-order valence-corrected chi connectivity index (χ3v) is 5.29. The first-order chi connectivity index (χ1) is 13.2. The highest BCUT2D eigenvalue weighted by Gasteiger charge is 2.46. The number of benzene rings is 2. The van der Waals surface area contributed by atoms with Gasteiger partial charge in [-0.25, -0.2) is 5.01 Å². The van der Waals surface area contributed by atoms with E-state index in [1.807, 2.05) is 21.7 Å². The maximum atomic E-state index is 9.82. The zero-order valence-electron chi connectivity index (χ0n) is 15.1. The minimum absolute atomic E-state index is 0.0338. The molecule has 3 aromatic rings. The molecular formula is C20H18N6O. The molecule has 0 bridgehead atoms. The molecule has 5 rings (SSSR count). The number of nitriles is 1. The zero-order valence-corrected chi connectivity index (χ0v) is 15.1. The minimum atomic E-state index is -0.311. The van der Waals surface area contributed by atoms with E-state index < -0.39 is 0 Å². The van der Waals surface area contributed by atoms with Gasteiger partial charge >= 0.3 is 0 Å². The Morgan fingerprint density at radius 1 is 1.11 bits per heavy atom. The molecule has 2 aliphatic rings. The van der Waals surface area contributed by atoms with Crippen LogP contribution < -0.4 is 14.8 Å². The summed E-state index contributed by atoms with van der Waals surface area (Å²) < 4.78 is 7.24. The Labute approximate surface area is 157 Å². The molecule has 2 aromatic carbocycles. The number of rotatable bonds is 2. The molecule has 1 aromatic heterocycles. The molecule has 2 atom stereocenters. The molecule has 7 nitrogen and oxygen atoms in total. The number of fused-ring (bicyclic) bond motifs is 6. The maximum absolute atomic E-state index is 9.82. The highest BCUT2D eigenvalue weighted by molar-refractivity contribution is 5.75. The standard InChI is InChI=1S/C20H18N6O/c1-13-3-8-17-19(9-13)26-18(14-4-6-16(27-2)7-5-14)10-15(11-21)25(26)20-23-22-12-24(17)20/h3-9,12,15,18H,10H2,1-2H3/t15-,18-/m0/s1. The van der Waals surface area contributed by atoms with Gasteiger partial charge in [-0.2, -0.15) is 5.26 Å². The van der Waals surface area contributed by atoms with Gasteiger partial charge in [-0.3, -0.25) is 9.58 Å². The van der Waals surface area contributed by atoms with Gasteiger partial charge in [0.2, 0.25) is 0 Å². The fourth-order valence-corrected chi connectivity index (χ4v) is 4.02. The highest BCUT2D eigenvalue weighted by atomic mass is 16.5. The van der Waals surface area contributed by atoms with E-state index in [4.69, 9.17) is 4.74 Å². The predicted octanol–water partition coefficient (Wildman–Crippen LogP) is 3.16. The highest BCUT2D eigenvalue weighted by Crippen LogP contribution is 2.47. The number of ether oxygens (including phenoxy) is 1. The second kappa shape index (κ2) is 5.74. The van der Waals surface area contributed by atoms with Crippen LogP contribution in [0, 0.1) is 18.3 Å². The molecule has 1 saturated heterocycles. The fourth-order valence-electron chi connectivity index (χ4n) is 4.02. The molecule has 27 heavy (non-hydrogen) atoms. The Morgan fingerprint density at radius 3 is 2.67 bits per heavy atom. The summed E-state index contributed by atoms with van der Waals surface area (Å²) in [6.07, 6.45) is 2.39. The van der Waals surface area contributed by atoms with Crippen LogP contribution >= 0.6 is 0 Å². The van der Waals surface area contributed by atoms with Crippen LogP contribution in [-0.4, -0.2) is 27.9 Å². The van der Waals surface area contributed by atoms with E-state index in [0.717, 1.165) is 22.7 Å². The first-order valence-electron chi connectivity index (χ1n) is 8.84. The van der Waals surface area contributed by atoms with E-state index in [0.29, 0.717) is 12.4 Å². The summed E-state index contributed by atoms with van der Waals surface area (Å²) in [5.74, 6) is 1.49. The van der Waals surface area contributed by atoms with Crippen molar-refractivity contribution in [2.45, 2.75) is 25.4 Å². The van der Waals surface area contributed by atoms with Gasteiger partial charge in [0.1, 0.15) is 18.1 Å². The van der Waals surface area contributed by atoms with Crippen LogP contribution in [0.1, 0.15) is 23.6 Å². The number of aromatic nitrogens is 3. The molecule has 1 fully saturated rings. The van der Waals surface area contributed by atoms with Crippen LogP contribution in [0.25, 0.3) is 5.69 Å². The van der Waals surface area contributed by atoms with Gasteiger partial charge in [0.15, 0.2) is 0 Å². The van der Waals surface area contributed by atoms with Crippen molar-refractivity contribution in [3.05, 3.63) is 59.9 Å². The van der Waals surface area contributed by atoms with Gasteiger partial charge in [0.25, 0.3) is 5.95 Å². The van der Waals surface area contributed by atoms with Crippen molar-refractivity contribution < 1.29 is 4.74 Å². The first kappa shape index (κ1) is 15.7. The molecule has 0 amide bonds. The quantitative estimate of drug-likeness (QED) is 0.701. The van der Waals surface area contributed by atoms with Gasteiger partial charge in [-0.1, -0.05) is 18.2 Å². The van der Waals surface area contributed by atoms with Crippen LogP contribution in [0.15, 0.2) is 48.8 Å². The minimum Gasteiger partial charge on any atom is -0.497 e. The van der Waals surface area contributed by atoms with Crippen LogP contribution in [0.5, 0.6) is 5.75 Å². The Bertz CT molecular complexity index is 1050. The van der Waals surface area contributed by atoms with Gasteiger partial charge < -0.3 is 4.74 Å². The molecule has 0 spiro atoms. The monoisotopic (exact) mass is 358 g/mol. The lowest BCUT2D eigenvalue weighted by atomic mass is 10.0. The number of hydrazine groups is 1. The summed E-state index contributed by atoms with van der Waals surface area (Å²) in [5.41, 5.74) is 4.38. The Hall–Kier alpha value is -3.53. The summed E-state index contributed by atoms with van der Waals surface area (Å²) in [6, 6.07) is 16.5. The van der Waals surface area contributed by atoms with Crippen LogP contribution in [0.4, 0.5) is 11.6 Å². The summed E-state index contributed by atoms with van der Waals surface area (Å²) in [6.45, 7) is 2.08. The van der Waals surface area contributed by atoms with E-state index >= 15 is 0 Å². The normalized spacial score (nSPS) is 19.9. The van der Waals surface area contributed by atoms with Crippen LogP contribution in [0.2, 0.25) is 0 Å². The van der Waals surface area contributed by atoms with E-state index in [1.54, 1.807) is 13.4 Å². The van der Waals surface area contributed by atoms with Gasteiger partial charge in [0, 0.05) is 6.42 Å². The smallest absolute Gasteiger partial charge is 0.251 e. The summed E-state index contributed by atoms with van der Waals surface area (Å²) in [7, 11) is 1.66. The zero-order chi connectivity index (χ0) is 18.5. The predicted molar refractivity (Wildman–Crippen MR) is 101 cm³/mol. The van der Waals surface area contributed by atoms with E-state index in [1.165, 1.54) is 5.56 Å². The third kappa shape index (κ3) is 2.20. The summed E-state index contributed by atoms with van der Waals surface area (Å²) >= 11 is 0. The molecule has 7 heteroatoms. The Morgan fingerprint density at radius 2 is 1.93 bits per heavy atom. The molecule has 0 aliphatic carbocycles. The van der Waals surface area contributed by atoms with E-state index in [9.17, 15) is 5.26 Å². The van der Waals surface area contributed by atoms with Crippen molar-refractivity contribution in [1.82, 2.24) is 14.8 Å². The number of methoxy groups -OCH3 is 1. The van der Waals surface area contributed by atoms with Crippen molar-refractivity contribution in [2.75, 3.05) is 17.1 Å². The van der Waals surface area contributed by atoms with E-state index in [-0.39, 0.29) is 12.1 Å². The molecule has 0 unspecified atom stereocenters. The molecule has 0 radical (unpaired) electrons. The fraction of sp³-hybridized carbons (Fsp3) is 0.250. The van der Waals surface area contributed by atoms with Gasteiger partial charge in [-0.15, -0.1) is 10.2 Å². The lowest BCUT2D eigenvalue weighted by molar-refractivity contribution is 0.414. The molecule has 0 saturated carbocycles. The number of hydrogen-bond donors (Lipinski definition) is 0. The second-order valence-corrected chi connectivity index (χ2v) is 6.85. The van der Waals surface area contributed by atoms with Crippen molar-refractivity contribution in [3.8, 4) is 17.5 Å². The SMILES string of the molecule is COc1ccc([C@@H]2C[C@@H](C#N)N3c4nncn4-c4ccc(C)cc4N23)cc1. The lowest BCUT2D eigenvalue weighted by Gasteiger charge is -2.40. The van der Waals surface area contributed by atoms with Crippen LogP contribution in [-0.2, 0) is 0 Å². The average Bonchev–Trinajstić information content (AvgIpc) is 3.32. The van der Waals surface area contributed by atoms with Crippen molar-refractivity contribution in [1.29, 1.82) is 5.26 Å². The van der Waals surface area contributed by atoms with Crippen molar-refractivity contribution >= 4 is 11.6 Å². The number of anilines is 2.